The number of aromatic nitrogens is 1. The summed E-state index contributed by atoms with van der Waals surface area (Å²) in [7, 11) is 0. The Kier molecular flexibility index (Phi) is 12.1. The van der Waals surface area contributed by atoms with Gasteiger partial charge in [-0.15, -0.1) is 0 Å². The monoisotopic (exact) mass is 498 g/mol. The van der Waals surface area contributed by atoms with Crippen LogP contribution in [0.4, 0.5) is 0 Å². The molecule has 2 heterocycles. The standard InChI is InChI=1S/C21H26N4O3.C4H4O4/c22-20(18-10-7-11-23-14-18)24-27-16-19(15-25-12-5-2-6-13-25)28-21(26)17-8-3-1-4-9-17;5-3(6)1-2-4(7)8/h1,3-4,7-11,14,19H,2,5-6,12-13,15-16H2,(H2,22,24);1-2H,(H,5,6)(H,7,8)/b;2-1-. The SMILES string of the molecule is NC(=NOCC(CN1CCCCC1)OC(=O)c1ccccc1)c1cccnc1.O=C(O)/C=C\C(=O)O. The fourth-order valence-electron chi connectivity index (χ4n) is 3.25. The number of pyridine rings is 1. The molecule has 0 saturated carbocycles. The van der Waals surface area contributed by atoms with Gasteiger partial charge >= 0.3 is 17.9 Å². The highest BCUT2D eigenvalue weighted by Crippen LogP contribution is 2.12. The minimum atomic E-state index is -1.26. The van der Waals surface area contributed by atoms with Crippen LogP contribution in [-0.2, 0) is 19.2 Å². The Morgan fingerprint density at radius 1 is 1.00 bits per heavy atom. The lowest BCUT2D eigenvalue weighted by Crippen LogP contribution is -2.40. The maximum absolute atomic E-state index is 12.5. The number of esters is 1. The van der Waals surface area contributed by atoms with Crippen LogP contribution in [0.2, 0.25) is 0 Å². The van der Waals surface area contributed by atoms with Crippen molar-refractivity contribution >= 4 is 23.7 Å². The van der Waals surface area contributed by atoms with Crippen molar-refractivity contribution in [2.75, 3.05) is 26.2 Å². The summed E-state index contributed by atoms with van der Waals surface area (Å²) in [4.78, 5) is 43.3. The summed E-state index contributed by atoms with van der Waals surface area (Å²) in [5, 5.41) is 19.6. The van der Waals surface area contributed by atoms with E-state index in [2.05, 4.69) is 15.0 Å². The highest BCUT2D eigenvalue weighted by molar-refractivity contribution is 5.96. The van der Waals surface area contributed by atoms with Crippen LogP contribution in [0, 0.1) is 0 Å². The zero-order valence-corrected chi connectivity index (χ0v) is 19.7. The second-order valence-corrected chi connectivity index (χ2v) is 7.78. The van der Waals surface area contributed by atoms with E-state index in [1.807, 2.05) is 18.2 Å². The number of hydrogen-bond acceptors (Lipinski definition) is 8. The van der Waals surface area contributed by atoms with Gasteiger partial charge in [-0.05, 0) is 50.2 Å². The Bertz CT molecular complexity index is 1010. The highest BCUT2D eigenvalue weighted by Gasteiger charge is 2.21. The number of ether oxygens (including phenoxy) is 1. The van der Waals surface area contributed by atoms with Gasteiger partial charge in [0.1, 0.15) is 0 Å². The number of carboxylic acids is 2. The molecule has 1 aliphatic heterocycles. The minimum Gasteiger partial charge on any atom is -0.478 e. The molecule has 11 nitrogen and oxygen atoms in total. The topological polar surface area (TPSA) is 165 Å². The molecule has 11 heteroatoms. The number of amidine groups is 1. The number of carbonyl (C=O) groups is 3. The van der Waals surface area contributed by atoms with Crippen LogP contribution in [0.1, 0.15) is 35.2 Å². The quantitative estimate of drug-likeness (QED) is 0.145. The van der Waals surface area contributed by atoms with Crippen molar-refractivity contribution in [3.8, 4) is 0 Å². The zero-order valence-electron chi connectivity index (χ0n) is 19.7. The van der Waals surface area contributed by atoms with Crippen LogP contribution in [-0.4, -0.2) is 76.2 Å². The summed E-state index contributed by atoms with van der Waals surface area (Å²) < 4.78 is 5.70. The Hall–Kier alpha value is -4.25. The lowest BCUT2D eigenvalue weighted by Gasteiger charge is -2.29. The third-order valence-corrected chi connectivity index (χ3v) is 4.94. The number of nitrogens with zero attached hydrogens (tertiary/aromatic N) is 3. The average Bonchev–Trinajstić information content (AvgIpc) is 2.89. The Morgan fingerprint density at radius 3 is 2.22 bits per heavy atom. The number of benzene rings is 1. The number of likely N-dealkylation sites (tertiary alicyclic amines) is 1. The molecule has 1 saturated heterocycles. The van der Waals surface area contributed by atoms with Gasteiger partial charge in [0.05, 0.1) is 5.56 Å². The molecule has 192 valence electrons. The summed E-state index contributed by atoms with van der Waals surface area (Å²) in [6.45, 7) is 2.75. The van der Waals surface area contributed by atoms with Gasteiger partial charge in [-0.25, -0.2) is 14.4 Å². The van der Waals surface area contributed by atoms with Crippen molar-refractivity contribution in [1.82, 2.24) is 9.88 Å². The molecule has 1 aromatic heterocycles. The smallest absolute Gasteiger partial charge is 0.338 e. The Morgan fingerprint density at radius 2 is 1.64 bits per heavy atom. The summed E-state index contributed by atoms with van der Waals surface area (Å²) >= 11 is 0. The lowest BCUT2D eigenvalue weighted by molar-refractivity contribution is -0.134. The van der Waals surface area contributed by atoms with E-state index in [4.69, 9.17) is 25.5 Å². The number of carboxylic acid groups (broad SMARTS) is 2. The van der Waals surface area contributed by atoms with Crippen molar-refractivity contribution in [1.29, 1.82) is 0 Å². The Balaban J connectivity index is 0.000000493. The molecular weight excluding hydrogens is 468 g/mol. The normalized spacial score (nSPS) is 14.8. The molecule has 1 atom stereocenters. The molecule has 1 fully saturated rings. The van der Waals surface area contributed by atoms with Gasteiger partial charge in [-0.2, -0.15) is 0 Å². The Labute approximate surface area is 208 Å². The van der Waals surface area contributed by atoms with E-state index in [1.165, 1.54) is 6.42 Å². The molecule has 1 unspecified atom stereocenters. The number of hydrogen-bond donors (Lipinski definition) is 3. The number of piperidine rings is 1. The molecule has 0 amide bonds. The number of nitrogens with two attached hydrogens (primary N) is 1. The molecule has 0 aliphatic carbocycles. The summed E-state index contributed by atoms with van der Waals surface area (Å²) in [6, 6.07) is 12.5. The van der Waals surface area contributed by atoms with Gasteiger partial charge in [0.25, 0.3) is 0 Å². The van der Waals surface area contributed by atoms with Crippen LogP contribution in [0.15, 0.2) is 72.2 Å². The molecule has 0 spiro atoms. The maximum Gasteiger partial charge on any atom is 0.338 e. The molecular formula is C25H30N4O7. The molecule has 2 aromatic rings. The summed E-state index contributed by atoms with van der Waals surface area (Å²) in [6.07, 6.45) is 7.52. The maximum atomic E-state index is 12.5. The van der Waals surface area contributed by atoms with Gasteiger partial charge in [0, 0.05) is 36.7 Å². The summed E-state index contributed by atoms with van der Waals surface area (Å²) in [5.41, 5.74) is 7.12. The number of rotatable bonds is 10. The van der Waals surface area contributed by atoms with Crippen molar-refractivity contribution in [3.63, 3.8) is 0 Å². The predicted molar refractivity (Wildman–Crippen MR) is 131 cm³/mol. The third kappa shape index (κ3) is 11.3. The zero-order chi connectivity index (χ0) is 26.2. The molecule has 3 rings (SSSR count). The van der Waals surface area contributed by atoms with E-state index in [9.17, 15) is 14.4 Å². The van der Waals surface area contributed by atoms with Crippen LogP contribution < -0.4 is 5.73 Å². The largest absolute Gasteiger partial charge is 0.478 e. The van der Waals surface area contributed by atoms with E-state index in [1.54, 1.807) is 36.7 Å². The molecule has 0 bridgehead atoms. The van der Waals surface area contributed by atoms with Crippen LogP contribution in [0.3, 0.4) is 0 Å². The van der Waals surface area contributed by atoms with E-state index in [0.29, 0.717) is 29.8 Å². The van der Waals surface area contributed by atoms with Crippen LogP contribution >= 0.6 is 0 Å². The van der Waals surface area contributed by atoms with Gasteiger partial charge in [0.2, 0.25) is 0 Å². The fourth-order valence-corrected chi connectivity index (χ4v) is 3.25. The van der Waals surface area contributed by atoms with Crippen molar-refractivity contribution < 1.29 is 34.2 Å². The predicted octanol–water partition coefficient (Wildman–Crippen LogP) is 2.14. The molecule has 1 aromatic carbocycles. The van der Waals surface area contributed by atoms with Gasteiger partial charge in [-0.1, -0.05) is 29.8 Å². The second-order valence-electron chi connectivity index (χ2n) is 7.78. The van der Waals surface area contributed by atoms with Gasteiger partial charge in [0.15, 0.2) is 18.5 Å². The second kappa shape index (κ2) is 15.6. The van der Waals surface area contributed by atoms with E-state index in [0.717, 1.165) is 25.9 Å². The van der Waals surface area contributed by atoms with Gasteiger partial charge in [-0.3, -0.25) is 9.88 Å². The molecule has 0 radical (unpaired) electrons. The lowest BCUT2D eigenvalue weighted by atomic mass is 10.1. The van der Waals surface area contributed by atoms with Crippen LogP contribution in [0.5, 0.6) is 0 Å². The van der Waals surface area contributed by atoms with Crippen molar-refractivity contribution in [3.05, 3.63) is 78.1 Å². The average molecular weight is 499 g/mol. The molecule has 1 aliphatic rings. The molecule has 4 N–H and O–H groups in total. The number of aliphatic carboxylic acids is 2. The minimum absolute atomic E-state index is 0.135. The van der Waals surface area contributed by atoms with Gasteiger partial charge < -0.3 is 25.5 Å². The highest BCUT2D eigenvalue weighted by atomic mass is 16.6. The summed E-state index contributed by atoms with van der Waals surface area (Å²) in [5.74, 6) is -2.64. The number of carbonyl (C=O) groups excluding carboxylic acids is 1. The van der Waals surface area contributed by atoms with Crippen molar-refractivity contribution in [2.45, 2.75) is 25.4 Å². The first-order valence-electron chi connectivity index (χ1n) is 11.3. The third-order valence-electron chi connectivity index (χ3n) is 4.94. The first kappa shape index (κ1) is 28.0. The fraction of sp³-hybridized carbons (Fsp3) is 0.320. The number of oxime groups is 1. The first-order chi connectivity index (χ1) is 17.3. The van der Waals surface area contributed by atoms with E-state index in [-0.39, 0.29) is 18.4 Å². The first-order valence-corrected chi connectivity index (χ1v) is 11.3. The van der Waals surface area contributed by atoms with Crippen molar-refractivity contribution in [2.24, 2.45) is 10.9 Å². The van der Waals surface area contributed by atoms with Crippen LogP contribution in [0.25, 0.3) is 0 Å². The van der Waals surface area contributed by atoms with E-state index >= 15 is 0 Å². The van der Waals surface area contributed by atoms with E-state index < -0.39 is 18.0 Å². The molecule has 36 heavy (non-hydrogen) atoms.